The molecular formula is C13H16ClN3O3. The molecule has 108 valence electrons. The highest BCUT2D eigenvalue weighted by Gasteiger charge is 2.06. The fourth-order valence-electron chi connectivity index (χ4n) is 1.59. The summed E-state index contributed by atoms with van der Waals surface area (Å²) in [7, 11) is 0. The molecule has 0 amide bonds. The van der Waals surface area contributed by atoms with Gasteiger partial charge in [0.2, 0.25) is 5.88 Å². The van der Waals surface area contributed by atoms with E-state index >= 15 is 0 Å². The van der Waals surface area contributed by atoms with Crippen molar-refractivity contribution in [3.63, 3.8) is 0 Å². The van der Waals surface area contributed by atoms with E-state index < -0.39 is 5.56 Å². The molecule has 1 aromatic heterocycles. The first-order chi connectivity index (χ1) is 9.20. The zero-order valence-electron chi connectivity index (χ0n) is 10.7. The van der Waals surface area contributed by atoms with E-state index in [-0.39, 0.29) is 30.6 Å². The maximum Gasteiger partial charge on any atom is 0.277 e. The summed E-state index contributed by atoms with van der Waals surface area (Å²) in [5, 5.41) is 8.75. The third kappa shape index (κ3) is 3.97. The first-order valence-corrected chi connectivity index (χ1v) is 5.91. The van der Waals surface area contributed by atoms with Crippen LogP contribution >= 0.6 is 12.4 Å². The molecule has 0 unspecified atom stereocenters. The van der Waals surface area contributed by atoms with Gasteiger partial charge in [-0.2, -0.15) is 0 Å². The van der Waals surface area contributed by atoms with Crippen molar-refractivity contribution in [2.75, 3.05) is 12.3 Å². The number of rotatable bonds is 5. The number of nitrogens with one attached hydrogen (secondary N) is 1. The maximum atomic E-state index is 11.3. The van der Waals surface area contributed by atoms with Crippen LogP contribution in [0.25, 0.3) is 0 Å². The molecule has 0 spiro atoms. The Balaban J connectivity index is 0.00000200. The number of hydrogen-bond acceptors (Lipinski definition) is 5. The number of ether oxygens (including phenoxy) is 1. The topological polar surface area (TPSA) is 101 Å². The maximum absolute atomic E-state index is 11.3. The van der Waals surface area contributed by atoms with E-state index in [1.807, 2.05) is 12.1 Å². The van der Waals surface area contributed by atoms with E-state index in [2.05, 4.69) is 9.97 Å². The van der Waals surface area contributed by atoms with Gasteiger partial charge >= 0.3 is 0 Å². The lowest BCUT2D eigenvalue weighted by Crippen LogP contribution is -2.13. The second-order valence-corrected chi connectivity index (χ2v) is 4.02. The van der Waals surface area contributed by atoms with Gasteiger partial charge < -0.3 is 20.6 Å². The quantitative estimate of drug-likeness (QED) is 0.776. The smallest absolute Gasteiger partial charge is 0.277 e. The molecule has 6 nitrogen and oxygen atoms in total. The summed E-state index contributed by atoms with van der Waals surface area (Å²) in [6, 6.07) is 7.34. The molecule has 4 N–H and O–H groups in total. The minimum Gasteiger partial charge on any atom is -0.437 e. The van der Waals surface area contributed by atoms with Gasteiger partial charge in [0.05, 0.1) is 6.33 Å². The molecule has 0 atom stereocenters. The van der Waals surface area contributed by atoms with Crippen LogP contribution < -0.4 is 16.0 Å². The Bertz CT molecular complexity index is 599. The van der Waals surface area contributed by atoms with E-state index in [0.717, 1.165) is 18.4 Å². The summed E-state index contributed by atoms with van der Waals surface area (Å²) in [5.74, 6) is 0.643. The summed E-state index contributed by atoms with van der Waals surface area (Å²) in [4.78, 5) is 17.5. The molecule has 0 bridgehead atoms. The molecule has 20 heavy (non-hydrogen) atoms. The Labute approximate surface area is 122 Å². The van der Waals surface area contributed by atoms with Crippen LogP contribution in [0.4, 0.5) is 5.69 Å². The number of benzene rings is 1. The van der Waals surface area contributed by atoms with Crippen LogP contribution in [0.5, 0.6) is 11.6 Å². The van der Waals surface area contributed by atoms with E-state index in [0.29, 0.717) is 5.75 Å². The van der Waals surface area contributed by atoms with Gasteiger partial charge in [-0.25, -0.2) is 4.98 Å². The Kier molecular flexibility index (Phi) is 6.02. The molecule has 0 saturated heterocycles. The van der Waals surface area contributed by atoms with Gasteiger partial charge in [0.15, 0.2) is 5.69 Å². The molecule has 0 aliphatic carbocycles. The Morgan fingerprint density at radius 2 is 2.00 bits per heavy atom. The first-order valence-electron chi connectivity index (χ1n) is 5.91. The van der Waals surface area contributed by atoms with Gasteiger partial charge in [-0.1, -0.05) is 12.1 Å². The minimum absolute atomic E-state index is 0. The fourth-order valence-corrected chi connectivity index (χ4v) is 1.59. The van der Waals surface area contributed by atoms with Crippen LogP contribution in [-0.4, -0.2) is 21.7 Å². The van der Waals surface area contributed by atoms with Gasteiger partial charge in [-0.3, -0.25) is 4.79 Å². The number of anilines is 1. The van der Waals surface area contributed by atoms with E-state index in [1.165, 1.54) is 6.33 Å². The van der Waals surface area contributed by atoms with Gasteiger partial charge in [-0.15, -0.1) is 12.4 Å². The van der Waals surface area contributed by atoms with Crippen LogP contribution in [0.3, 0.4) is 0 Å². The molecule has 0 aliphatic heterocycles. The van der Waals surface area contributed by atoms with Crippen molar-refractivity contribution < 1.29 is 9.84 Å². The molecule has 2 aromatic rings. The summed E-state index contributed by atoms with van der Waals surface area (Å²) in [5.41, 5.74) is 6.20. The molecular weight excluding hydrogens is 282 g/mol. The Morgan fingerprint density at radius 1 is 1.30 bits per heavy atom. The predicted octanol–water partition coefficient (Wildman–Crippen LogP) is 1.49. The van der Waals surface area contributed by atoms with Crippen molar-refractivity contribution >= 4 is 18.1 Å². The van der Waals surface area contributed by atoms with Gasteiger partial charge in [-0.05, 0) is 30.5 Å². The predicted molar refractivity (Wildman–Crippen MR) is 78.4 cm³/mol. The first kappa shape index (κ1) is 16.0. The number of nitrogens with zero attached hydrogens (tertiary/aromatic N) is 1. The highest BCUT2D eigenvalue weighted by atomic mass is 35.5. The molecule has 7 heteroatoms. The second kappa shape index (κ2) is 7.52. The van der Waals surface area contributed by atoms with Crippen molar-refractivity contribution in [3.8, 4) is 11.6 Å². The fraction of sp³-hybridized carbons (Fsp3) is 0.231. The molecule has 1 heterocycles. The third-order valence-electron chi connectivity index (χ3n) is 2.61. The van der Waals surface area contributed by atoms with Gasteiger partial charge in [0.1, 0.15) is 5.75 Å². The number of hydrogen-bond donors (Lipinski definition) is 3. The summed E-state index contributed by atoms with van der Waals surface area (Å²) >= 11 is 0. The van der Waals surface area contributed by atoms with Crippen molar-refractivity contribution in [1.82, 2.24) is 9.97 Å². The lowest BCUT2D eigenvalue weighted by molar-refractivity contribution is 0.288. The normalized spacial score (nSPS) is 9.85. The number of aromatic nitrogens is 2. The van der Waals surface area contributed by atoms with Crippen molar-refractivity contribution in [3.05, 3.63) is 46.5 Å². The third-order valence-corrected chi connectivity index (χ3v) is 2.61. The molecule has 2 rings (SSSR count). The van der Waals surface area contributed by atoms with Crippen LogP contribution in [-0.2, 0) is 6.42 Å². The van der Waals surface area contributed by atoms with Gasteiger partial charge in [0, 0.05) is 6.61 Å². The van der Waals surface area contributed by atoms with Gasteiger partial charge in [0.25, 0.3) is 5.56 Å². The molecule has 0 radical (unpaired) electrons. The van der Waals surface area contributed by atoms with E-state index in [4.69, 9.17) is 15.6 Å². The standard InChI is InChI=1S/C13H15N3O3.ClH/c14-11-12(18)15-8-16-13(11)19-10-5-3-9(4-6-10)2-1-7-17;/h3-6,8,17H,1-2,7,14H2,(H,15,16,18);1H. The Morgan fingerprint density at radius 3 is 2.65 bits per heavy atom. The van der Waals surface area contributed by atoms with E-state index in [9.17, 15) is 4.79 Å². The lowest BCUT2D eigenvalue weighted by Gasteiger charge is -2.07. The Hall–Kier alpha value is -2.05. The number of aromatic amines is 1. The summed E-state index contributed by atoms with van der Waals surface area (Å²) in [6.45, 7) is 0.172. The van der Waals surface area contributed by atoms with Crippen LogP contribution in [0.2, 0.25) is 0 Å². The number of H-pyrrole nitrogens is 1. The number of aliphatic hydroxyl groups excluding tert-OH is 1. The molecule has 0 fully saturated rings. The molecule has 0 aliphatic rings. The number of aryl methyl sites for hydroxylation is 1. The number of nitrogen functional groups attached to an aromatic ring is 1. The van der Waals surface area contributed by atoms with Crippen molar-refractivity contribution in [2.45, 2.75) is 12.8 Å². The second-order valence-electron chi connectivity index (χ2n) is 4.02. The summed E-state index contributed by atoms with van der Waals surface area (Å²) in [6.07, 6.45) is 2.77. The van der Waals surface area contributed by atoms with Crippen LogP contribution in [0, 0.1) is 0 Å². The minimum atomic E-state index is -0.426. The SMILES string of the molecule is Cl.Nc1c(Oc2ccc(CCCO)cc2)nc[nH]c1=O. The average molecular weight is 298 g/mol. The highest BCUT2D eigenvalue weighted by Crippen LogP contribution is 2.22. The summed E-state index contributed by atoms with van der Waals surface area (Å²) < 4.78 is 5.44. The average Bonchev–Trinajstić information content (AvgIpc) is 2.43. The van der Waals surface area contributed by atoms with Crippen LogP contribution in [0.1, 0.15) is 12.0 Å². The zero-order valence-corrected chi connectivity index (χ0v) is 11.5. The highest BCUT2D eigenvalue weighted by molar-refractivity contribution is 5.85. The zero-order chi connectivity index (χ0) is 13.7. The molecule has 1 aromatic carbocycles. The number of halogens is 1. The largest absolute Gasteiger partial charge is 0.437 e. The van der Waals surface area contributed by atoms with Crippen LogP contribution in [0.15, 0.2) is 35.4 Å². The van der Waals surface area contributed by atoms with Crippen molar-refractivity contribution in [1.29, 1.82) is 0 Å². The number of aliphatic hydroxyl groups is 1. The number of nitrogens with two attached hydrogens (primary N) is 1. The van der Waals surface area contributed by atoms with Crippen molar-refractivity contribution in [2.24, 2.45) is 0 Å². The lowest BCUT2D eigenvalue weighted by atomic mass is 10.1. The molecule has 0 saturated carbocycles. The monoisotopic (exact) mass is 297 g/mol. The van der Waals surface area contributed by atoms with E-state index in [1.54, 1.807) is 12.1 Å².